The number of methoxy groups -OCH3 is 1. The molecule has 0 spiro atoms. The van der Waals surface area contributed by atoms with Gasteiger partial charge in [-0.15, -0.1) is 0 Å². The van der Waals surface area contributed by atoms with E-state index in [2.05, 4.69) is 26.1 Å². The Balaban J connectivity index is 1.71. The normalized spacial score (nSPS) is 18.3. The van der Waals surface area contributed by atoms with E-state index in [9.17, 15) is 0 Å². The summed E-state index contributed by atoms with van der Waals surface area (Å²) < 4.78 is 5.65. The number of H-pyrrole nitrogens is 1. The number of nitrogens with two attached hydrogens (primary N) is 1. The summed E-state index contributed by atoms with van der Waals surface area (Å²) in [7, 11) is 1.80. The maximum Gasteiger partial charge on any atom is 0.151 e. The van der Waals surface area contributed by atoms with Crippen LogP contribution in [-0.4, -0.2) is 57.7 Å². The van der Waals surface area contributed by atoms with E-state index in [1.165, 1.54) is 6.33 Å². The lowest BCUT2D eigenvalue weighted by molar-refractivity contribution is -0.110. The van der Waals surface area contributed by atoms with E-state index >= 15 is 0 Å². The minimum atomic E-state index is 0.0134. The lowest BCUT2D eigenvalue weighted by Gasteiger charge is -2.48. The average Bonchev–Trinajstić information content (AvgIpc) is 2.81. The van der Waals surface area contributed by atoms with Gasteiger partial charge in [0.2, 0.25) is 0 Å². The number of ether oxygens (including phenoxy) is 1. The van der Waals surface area contributed by atoms with Crippen LogP contribution < -0.4 is 5.73 Å². The lowest BCUT2D eigenvalue weighted by Crippen LogP contribution is -2.63. The van der Waals surface area contributed by atoms with Gasteiger partial charge in [0.1, 0.15) is 17.4 Å². The monoisotopic (exact) mass is 293 g/mol. The van der Waals surface area contributed by atoms with Crippen molar-refractivity contribution in [3.8, 4) is 0 Å². The first-order valence-corrected chi connectivity index (χ1v) is 7.90. The molecule has 1 fully saturated rings. The lowest BCUT2D eigenvalue weighted by atomic mass is 9.95. The van der Waals surface area contributed by atoms with Crippen LogP contribution in [0.25, 0.3) is 11.0 Å². The maximum atomic E-state index is 5.83. The van der Waals surface area contributed by atoms with Crippen molar-refractivity contribution in [3.05, 3.63) is 18.1 Å². The Kier molecular flexibility index (Phi) is 3.57. The molecule has 20 heavy (non-hydrogen) atoms. The minimum absolute atomic E-state index is 0.0134. The van der Waals surface area contributed by atoms with E-state index in [1.807, 2.05) is 18.0 Å². The number of likely N-dealkylation sites (tertiary alicyclic amines) is 1. The molecule has 0 aromatic carbocycles. The van der Waals surface area contributed by atoms with E-state index in [-0.39, 0.29) is 5.60 Å². The zero-order valence-electron chi connectivity index (χ0n) is 11.7. The second-order valence-electron chi connectivity index (χ2n) is 5.26. The van der Waals surface area contributed by atoms with Crippen LogP contribution in [0.4, 0.5) is 5.82 Å². The van der Waals surface area contributed by atoms with Crippen LogP contribution in [-0.2, 0) is 11.3 Å². The number of nitrogens with one attached hydrogen (secondary N) is 1. The highest BCUT2D eigenvalue weighted by Gasteiger charge is 2.42. The largest absolute Gasteiger partial charge is 0.382 e. The zero-order valence-corrected chi connectivity index (χ0v) is 12.5. The van der Waals surface area contributed by atoms with Gasteiger partial charge in [-0.1, -0.05) is 0 Å². The third-order valence-electron chi connectivity index (χ3n) is 3.83. The molecule has 3 rings (SSSR count). The standard InChI is InChI=1S/C13H19N5OS/c1-19-13(7-20-2)5-18(6-13)4-9-3-15-11-10(9)16-8-17-12(11)14/h3,8,15H,4-7H2,1-2H3,(H2,14,16,17). The number of thioether (sulfide) groups is 1. The Morgan fingerprint density at radius 1 is 1.50 bits per heavy atom. The molecule has 0 atom stereocenters. The molecule has 1 aliphatic heterocycles. The number of aromatic nitrogens is 3. The van der Waals surface area contributed by atoms with Crippen LogP contribution >= 0.6 is 11.8 Å². The van der Waals surface area contributed by atoms with Gasteiger partial charge < -0.3 is 15.5 Å². The molecule has 0 unspecified atom stereocenters. The first-order chi connectivity index (χ1) is 9.67. The highest BCUT2D eigenvalue weighted by molar-refractivity contribution is 7.98. The topological polar surface area (TPSA) is 80.1 Å². The molecule has 6 nitrogen and oxygen atoms in total. The van der Waals surface area contributed by atoms with Crippen LogP contribution in [0.5, 0.6) is 0 Å². The fraction of sp³-hybridized carbons (Fsp3) is 0.538. The van der Waals surface area contributed by atoms with E-state index in [0.717, 1.165) is 42.0 Å². The smallest absolute Gasteiger partial charge is 0.151 e. The van der Waals surface area contributed by atoms with E-state index in [0.29, 0.717) is 5.82 Å². The Morgan fingerprint density at radius 2 is 2.30 bits per heavy atom. The van der Waals surface area contributed by atoms with Crippen molar-refractivity contribution in [2.75, 3.05) is 37.9 Å². The molecule has 0 aliphatic carbocycles. The van der Waals surface area contributed by atoms with Gasteiger partial charge in [0.15, 0.2) is 5.82 Å². The van der Waals surface area contributed by atoms with Crippen molar-refractivity contribution in [2.24, 2.45) is 0 Å². The van der Waals surface area contributed by atoms with Crippen molar-refractivity contribution in [1.82, 2.24) is 19.9 Å². The zero-order chi connectivity index (χ0) is 14.2. The molecule has 0 saturated carbocycles. The Hall–Kier alpha value is -1.31. The van der Waals surface area contributed by atoms with E-state index in [4.69, 9.17) is 10.5 Å². The number of fused-ring (bicyclic) bond motifs is 1. The third kappa shape index (κ3) is 2.25. The molecule has 0 radical (unpaired) electrons. The third-order valence-corrected chi connectivity index (χ3v) is 4.64. The second kappa shape index (κ2) is 5.23. The van der Waals surface area contributed by atoms with Crippen LogP contribution in [0.2, 0.25) is 0 Å². The quantitative estimate of drug-likeness (QED) is 0.859. The first-order valence-electron chi connectivity index (χ1n) is 6.50. The van der Waals surface area contributed by atoms with Gasteiger partial charge in [0, 0.05) is 44.3 Å². The number of nitrogen functional groups attached to an aromatic ring is 1. The van der Waals surface area contributed by atoms with Crippen LogP contribution in [0.15, 0.2) is 12.5 Å². The number of nitrogens with zero attached hydrogens (tertiary/aromatic N) is 3. The Morgan fingerprint density at radius 3 is 3.00 bits per heavy atom. The van der Waals surface area contributed by atoms with Gasteiger partial charge in [-0.2, -0.15) is 11.8 Å². The first kappa shape index (κ1) is 13.7. The van der Waals surface area contributed by atoms with Crippen LogP contribution in [0, 0.1) is 0 Å². The minimum Gasteiger partial charge on any atom is -0.382 e. The van der Waals surface area contributed by atoms with Crippen molar-refractivity contribution in [1.29, 1.82) is 0 Å². The number of rotatable bonds is 5. The fourth-order valence-corrected chi connectivity index (χ4v) is 3.62. The summed E-state index contributed by atoms with van der Waals surface area (Å²) in [6.07, 6.45) is 5.60. The summed E-state index contributed by atoms with van der Waals surface area (Å²) in [5.41, 5.74) is 8.74. The van der Waals surface area contributed by atoms with E-state index < -0.39 is 0 Å². The van der Waals surface area contributed by atoms with Gasteiger partial charge in [-0.3, -0.25) is 4.90 Å². The molecule has 3 heterocycles. The molecular formula is C13H19N5OS. The molecule has 7 heteroatoms. The molecule has 1 saturated heterocycles. The number of hydrogen-bond acceptors (Lipinski definition) is 6. The van der Waals surface area contributed by atoms with Crippen LogP contribution in [0.1, 0.15) is 5.56 Å². The van der Waals surface area contributed by atoms with Gasteiger partial charge >= 0.3 is 0 Å². The van der Waals surface area contributed by atoms with Crippen molar-refractivity contribution in [2.45, 2.75) is 12.1 Å². The molecular weight excluding hydrogens is 274 g/mol. The molecule has 0 bridgehead atoms. The molecule has 2 aromatic rings. The van der Waals surface area contributed by atoms with E-state index in [1.54, 1.807) is 7.11 Å². The fourth-order valence-electron chi connectivity index (χ4n) is 2.80. The van der Waals surface area contributed by atoms with Gasteiger partial charge in [0.05, 0.1) is 5.52 Å². The Bertz CT molecular complexity index is 608. The van der Waals surface area contributed by atoms with Gasteiger partial charge in [-0.05, 0) is 6.26 Å². The SMILES string of the molecule is COC1(CSC)CN(Cc2c[nH]c3c(N)ncnc23)C1. The maximum absolute atomic E-state index is 5.83. The number of anilines is 1. The summed E-state index contributed by atoms with van der Waals surface area (Å²) in [4.78, 5) is 13.8. The summed E-state index contributed by atoms with van der Waals surface area (Å²) in [6, 6.07) is 0. The highest BCUT2D eigenvalue weighted by Crippen LogP contribution is 2.30. The summed E-state index contributed by atoms with van der Waals surface area (Å²) in [5, 5.41) is 0. The van der Waals surface area contributed by atoms with Gasteiger partial charge in [-0.25, -0.2) is 9.97 Å². The molecule has 108 valence electrons. The highest BCUT2D eigenvalue weighted by atomic mass is 32.2. The van der Waals surface area contributed by atoms with Crippen molar-refractivity contribution in [3.63, 3.8) is 0 Å². The molecule has 3 N–H and O–H groups in total. The molecule has 1 aliphatic rings. The average molecular weight is 293 g/mol. The number of hydrogen-bond donors (Lipinski definition) is 2. The Labute approximate surface area is 122 Å². The summed E-state index contributed by atoms with van der Waals surface area (Å²) >= 11 is 1.83. The molecule has 2 aromatic heterocycles. The van der Waals surface area contributed by atoms with Crippen LogP contribution in [0.3, 0.4) is 0 Å². The predicted molar refractivity (Wildman–Crippen MR) is 81.7 cm³/mol. The second-order valence-corrected chi connectivity index (χ2v) is 6.13. The summed E-state index contributed by atoms with van der Waals surface area (Å²) in [6.45, 7) is 2.77. The number of aromatic amines is 1. The summed E-state index contributed by atoms with van der Waals surface area (Å²) in [5.74, 6) is 1.53. The van der Waals surface area contributed by atoms with Crippen molar-refractivity contribution < 1.29 is 4.74 Å². The van der Waals surface area contributed by atoms with Gasteiger partial charge in [0.25, 0.3) is 0 Å². The predicted octanol–water partition coefficient (Wildman–Crippen LogP) is 1.10. The van der Waals surface area contributed by atoms with Crippen molar-refractivity contribution >= 4 is 28.6 Å². The molecule has 0 amide bonds.